The van der Waals surface area contributed by atoms with E-state index in [4.69, 9.17) is 0 Å². The third kappa shape index (κ3) is 3.46. The average Bonchev–Trinajstić information content (AvgIpc) is 2.97. The van der Waals surface area contributed by atoms with Gasteiger partial charge < -0.3 is 4.90 Å². The Morgan fingerprint density at radius 2 is 1.56 bits per heavy atom. The third-order valence-corrected chi connectivity index (χ3v) is 7.12. The minimum absolute atomic E-state index is 0. The molecule has 2 aromatic carbocycles. The number of likely N-dealkylation sites (tertiary alicyclic amines) is 1. The summed E-state index contributed by atoms with van der Waals surface area (Å²) in [6.45, 7) is 2.42. The number of halogens is 1. The average molecular weight is 425 g/mol. The fraction of sp³-hybridized carbons (Fsp3) is 0.458. The highest BCUT2D eigenvalue weighted by molar-refractivity contribution is 8.93. The molecule has 0 amide bonds. The van der Waals surface area contributed by atoms with Crippen LogP contribution in [0.2, 0.25) is 0 Å². The summed E-state index contributed by atoms with van der Waals surface area (Å²) in [6, 6.07) is 24.7. The summed E-state index contributed by atoms with van der Waals surface area (Å²) in [5, 5.41) is 10.4. The molecule has 27 heavy (non-hydrogen) atoms. The second kappa shape index (κ2) is 8.17. The molecule has 4 unspecified atom stereocenters. The van der Waals surface area contributed by atoms with Gasteiger partial charge in [-0.3, -0.25) is 0 Å². The van der Waals surface area contributed by atoms with Crippen molar-refractivity contribution in [2.45, 2.75) is 50.1 Å². The fourth-order valence-electron chi connectivity index (χ4n) is 5.52. The summed E-state index contributed by atoms with van der Waals surface area (Å²) < 4.78 is 0. The van der Waals surface area contributed by atoms with E-state index in [1.165, 1.54) is 19.3 Å². The van der Waals surface area contributed by atoms with Crippen LogP contribution in [0.15, 0.2) is 60.7 Å². The SMILES string of the molecule is Br.CC1C2CCC1N(C)C(CC(C#N)(c1ccccc1)c1ccccc1)C2. The van der Waals surface area contributed by atoms with E-state index in [0.29, 0.717) is 12.1 Å². The van der Waals surface area contributed by atoms with E-state index in [0.717, 1.165) is 29.4 Å². The first-order chi connectivity index (χ1) is 12.7. The zero-order valence-corrected chi connectivity index (χ0v) is 17.9. The van der Waals surface area contributed by atoms with Gasteiger partial charge in [0.05, 0.1) is 6.07 Å². The van der Waals surface area contributed by atoms with Crippen molar-refractivity contribution in [3.63, 3.8) is 0 Å². The zero-order valence-electron chi connectivity index (χ0n) is 16.2. The molecule has 4 rings (SSSR count). The Bertz CT molecular complexity index is 744. The molecule has 0 radical (unpaired) electrons. The van der Waals surface area contributed by atoms with Gasteiger partial charge in [-0.05, 0) is 55.7 Å². The van der Waals surface area contributed by atoms with Crippen LogP contribution in [0.4, 0.5) is 0 Å². The Morgan fingerprint density at radius 3 is 2.07 bits per heavy atom. The molecule has 2 bridgehead atoms. The van der Waals surface area contributed by atoms with Crippen molar-refractivity contribution in [3.05, 3.63) is 71.8 Å². The molecule has 142 valence electrons. The molecular formula is C24H29BrN2. The number of nitriles is 1. The minimum atomic E-state index is -0.582. The number of piperidine rings is 1. The molecule has 2 fully saturated rings. The molecule has 0 N–H and O–H groups in total. The maximum absolute atomic E-state index is 10.4. The van der Waals surface area contributed by atoms with Gasteiger partial charge in [-0.2, -0.15) is 5.26 Å². The second-order valence-electron chi connectivity index (χ2n) is 8.27. The zero-order chi connectivity index (χ0) is 18.1. The van der Waals surface area contributed by atoms with E-state index in [2.05, 4.69) is 73.5 Å². The maximum atomic E-state index is 10.4. The van der Waals surface area contributed by atoms with Gasteiger partial charge in [0, 0.05) is 12.1 Å². The predicted molar refractivity (Wildman–Crippen MR) is 116 cm³/mol. The predicted octanol–water partition coefficient (Wildman–Crippen LogP) is 5.58. The number of benzene rings is 2. The molecule has 4 atom stereocenters. The molecular weight excluding hydrogens is 396 g/mol. The third-order valence-electron chi connectivity index (χ3n) is 7.12. The summed E-state index contributed by atoms with van der Waals surface area (Å²) in [4.78, 5) is 2.59. The lowest BCUT2D eigenvalue weighted by Gasteiger charge is -2.45. The van der Waals surface area contributed by atoms with Crippen LogP contribution >= 0.6 is 17.0 Å². The van der Waals surface area contributed by atoms with Crippen molar-refractivity contribution < 1.29 is 0 Å². The van der Waals surface area contributed by atoms with Crippen LogP contribution in [-0.4, -0.2) is 24.0 Å². The maximum Gasteiger partial charge on any atom is 0.109 e. The van der Waals surface area contributed by atoms with Crippen LogP contribution < -0.4 is 0 Å². The molecule has 2 aromatic rings. The standard InChI is InChI=1S/C24H28N2.BrH/c1-18-19-13-14-23(18)26(2)22(15-19)16-24(17-25,20-9-5-3-6-10-20)21-11-7-4-8-12-21;/h3-12,18-19,22-23H,13-16H2,1-2H3;1H. The van der Waals surface area contributed by atoms with E-state index < -0.39 is 5.41 Å². The van der Waals surface area contributed by atoms with Crippen LogP contribution in [-0.2, 0) is 5.41 Å². The van der Waals surface area contributed by atoms with Gasteiger partial charge in [-0.15, -0.1) is 17.0 Å². The minimum Gasteiger partial charge on any atom is -0.300 e. The molecule has 2 aliphatic rings. The molecule has 1 saturated carbocycles. The van der Waals surface area contributed by atoms with Gasteiger partial charge in [-0.25, -0.2) is 0 Å². The normalized spacial score (nSPS) is 27.6. The van der Waals surface area contributed by atoms with Crippen molar-refractivity contribution in [2.75, 3.05) is 7.05 Å². The van der Waals surface area contributed by atoms with Crippen molar-refractivity contribution in [1.29, 1.82) is 5.26 Å². The smallest absolute Gasteiger partial charge is 0.109 e. The Morgan fingerprint density at radius 1 is 1.00 bits per heavy atom. The highest BCUT2D eigenvalue weighted by Crippen LogP contribution is 2.47. The monoisotopic (exact) mass is 424 g/mol. The first kappa shape index (κ1) is 20.1. The van der Waals surface area contributed by atoms with E-state index in [1.54, 1.807) is 0 Å². The molecule has 1 aliphatic heterocycles. The molecule has 1 saturated heterocycles. The summed E-state index contributed by atoms with van der Waals surface area (Å²) in [7, 11) is 2.28. The highest BCUT2D eigenvalue weighted by Gasteiger charge is 2.47. The molecule has 0 spiro atoms. The van der Waals surface area contributed by atoms with Crippen LogP contribution in [0.3, 0.4) is 0 Å². The summed E-state index contributed by atoms with van der Waals surface area (Å²) >= 11 is 0. The quantitative estimate of drug-likeness (QED) is 0.639. The summed E-state index contributed by atoms with van der Waals surface area (Å²) in [6.07, 6.45) is 4.75. The molecule has 3 heteroatoms. The number of rotatable bonds is 4. The van der Waals surface area contributed by atoms with E-state index in [-0.39, 0.29) is 17.0 Å². The van der Waals surface area contributed by atoms with Gasteiger partial charge in [0.1, 0.15) is 5.41 Å². The van der Waals surface area contributed by atoms with Gasteiger partial charge in [0.15, 0.2) is 0 Å². The topological polar surface area (TPSA) is 27.0 Å². The van der Waals surface area contributed by atoms with Crippen LogP contribution in [0.25, 0.3) is 0 Å². The first-order valence-corrected chi connectivity index (χ1v) is 9.90. The van der Waals surface area contributed by atoms with Crippen molar-refractivity contribution >= 4 is 17.0 Å². The highest BCUT2D eigenvalue weighted by atomic mass is 79.9. The first-order valence-electron chi connectivity index (χ1n) is 9.90. The Hall–Kier alpha value is -1.63. The molecule has 1 heterocycles. The second-order valence-corrected chi connectivity index (χ2v) is 8.27. The summed E-state index contributed by atoms with van der Waals surface area (Å²) in [5.74, 6) is 1.62. The van der Waals surface area contributed by atoms with Crippen molar-refractivity contribution in [1.82, 2.24) is 4.90 Å². The molecule has 0 aromatic heterocycles. The molecule has 1 aliphatic carbocycles. The summed E-state index contributed by atoms with van der Waals surface area (Å²) in [5.41, 5.74) is 1.66. The Labute approximate surface area is 174 Å². The fourth-order valence-corrected chi connectivity index (χ4v) is 5.52. The number of hydrogen-bond acceptors (Lipinski definition) is 2. The molecule has 2 nitrogen and oxygen atoms in total. The van der Waals surface area contributed by atoms with Crippen LogP contribution in [0.5, 0.6) is 0 Å². The van der Waals surface area contributed by atoms with Gasteiger partial charge in [0.25, 0.3) is 0 Å². The van der Waals surface area contributed by atoms with Gasteiger partial charge >= 0.3 is 0 Å². The van der Waals surface area contributed by atoms with Crippen LogP contribution in [0.1, 0.15) is 43.7 Å². The number of hydrogen-bond donors (Lipinski definition) is 0. The van der Waals surface area contributed by atoms with E-state index in [1.807, 2.05) is 12.1 Å². The van der Waals surface area contributed by atoms with Gasteiger partial charge in [0.2, 0.25) is 0 Å². The lowest BCUT2D eigenvalue weighted by atomic mass is 9.69. The van der Waals surface area contributed by atoms with Crippen molar-refractivity contribution in [3.8, 4) is 6.07 Å². The number of nitrogens with zero attached hydrogens (tertiary/aromatic N) is 2. The largest absolute Gasteiger partial charge is 0.300 e. The van der Waals surface area contributed by atoms with Crippen LogP contribution in [0, 0.1) is 23.2 Å². The van der Waals surface area contributed by atoms with Gasteiger partial charge in [-0.1, -0.05) is 67.6 Å². The van der Waals surface area contributed by atoms with Crippen molar-refractivity contribution in [2.24, 2.45) is 11.8 Å². The Kier molecular flexibility index (Phi) is 6.08. The Balaban J connectivity index is 0.00000210. The van der Waals surface area contributed by atoms with E-state index >= 15 is 0 Å². The lowest BCUT2D eigenvalue weighted by Crippen LogP contribution is -2.50. The lowest BCUT2D eigenvalue weighted by molar-refractivity contribution is 0.0617. The number of fused-ring (bicyclic) bond motifs is 2. The van der Waals surface area contributed by atoms with E-state index in [9.17, 15) is 5.26 Å².